The maximum atomic E-state index is 13.3. The molecule has 0 heterocycles. The number of hydrogen-bond donors (Lipinski definition) is 1. The van der Waals surface area contributed by atoms with E-state index in [0.717, 1.165) is 5.56 Å². The van der Waals surface area contributed by atoms with Crippen LogP contribution in [-0.4, -0.2) is 26.0 Å². The second-order valence-electron chi connectivity index (χ2n) is 4.26. The maximum Gasteiger partial charge on any atom is 0.193 e. The quantitative estimate of drug-likeness (QED) is 0.818. The van der Waals surface area contributed by atoms with Crippen molar-refractivity contribution in [1.29, 1.82) is 5.26 Å². The molecular formula is C13H17FN2O2. The molecule has 0 bridgehead atoms. The maximum absolute atomic E-state index is 13.3. The SMILES string of the molecule is COC(OC)C(C)(C#N)Nc1cc(C)cc(F)c1. The first kappa shape index (κ1) is 14.4. The highest BCUT2D eigenvalue weighted by atomic mass is 19.1. The van der Waals surface area contributed by atoms with Crippen LogP contribution in [0.2, 0.25) is 0 Å². The second kappa shape index (κ2) is 5.80. The second-order valence-corrected chi connectivity index (χ2v) is 4.26. The summed E-state index contributed by atoms with van der Waals surface area (Å²) in [5.74, 6) is -0.357. The highest BCUT2D eigenvalue weighted by molar-refractivity contribution is 5.50. The van der Waals surface area contributed by atoms with Gasteiger partial charge in [0, 0.05) is 19.9 Å². The van der Waals surface area contributed by atoms with Crippen molar-refractivity contribution >= 4 is 5.69 Å². The number of methoxy groups -OCH3 is 2. The van der Waals surface area contributed by atoms with Crippen LogP contribution in [-0.2, 0) is 9.47 Å². The van der Waals surface area contributed by atoms with Gasteiger partial charge >= 0.3 is 0 Å². The van der Waals surface area contributed by atoms with Gasteiger partial charge in [-0.25, -0.2) is 4.39 Å². The molecule has 0 aromatic heterocycles. The molecule has 18 heavy (non-hydrogen) atoms. The van der Waals surface area contributed by atoms with Crippen molar-refractivity contribution in [2.45, 2.75) is 25.7 Å². The number of ether oxygens (including phenoxy) is 2. The number of rotatable bonds is 5. The Morgan fingerprint density at radius 3 is 2.39 bits per heavy atom. The lowest BCUT2D eigenvalue weighted by atomic mass is 10.0. The van der Waals surface area contributed by atoms with Crippen LogP contribution in [0.1, 0.15) is 12.5 Å². The van der Waals surface area contributed by atoms with E-state index in [2.05, 4.69) is 11.4 Å². The van der Waals surface area contributed by atoms with Gasteiger partial charge in [0.15, 0.2) is 11.8 Å². The van der Waals surface area contributed by atoms with Crippen LogP contribution in [0.3, 0.4) is 0 Å². The number of nitrogens with zero attached hydrogens (tertiary/aromatic N) is 1. The molecule has 4 nitrogen and oxygen atoms in total. The molecule has 0 saturated carbocycles. The molecule has 0 amide bonds. The Bertz CT molecular complexity index is 435. The molecular weight excluding hydrogens is 235 g/mol. The van der Waals surface area contributed by atoms with Crippen LogP contribution in [0.5, 0.6) is 0 Å². The van der Waals surface area contributed by atoms with Gasteiger partial charge in [0.1, 0.15) is 5.82 Å². The Balaban J connectivity index is 3.02. The average molecular weight is 252 g/mol. The summed E-state index contributed by atoms with van der Waals surface area (Å²) in [5.41, 5.74) is 0.170. The number of nitrogens with one attached hydrogen (secondary N) is 1. The molecule has 0 fully saturated rings. The van der Waals surface area contributed by atoms with Gasteiger partial charge in [0.2, 0.25) is 0 Å². The number of aryl methyl sites for hydroxylation is 1. The number of anilines is 1. The van der Waals surface area contributed by atoms with Crippen molar-refractivity contribution in [3.05, 3.63) is 29.6 Å². The zero-order chi connectivity index (χ0) is 13.8. The molecule has 1 aromatic rings. The lowest BCUT2D eigenvalue weighted by molar-refractivity contribution is -0.124. The first-order valence-corrected chi connectivity index (χ1v) is 5.47. The first-order chi connectivity index (χ1) is 8.45. The van der Waals surface area contributed by atoms with Gasteiger partial charge in [-0.2, -0.15) is 5.26 Å². The number of halogens is 1. The highest BCUT2D eigenvalue weighted by Crippen LogP contribution is 2.22. The summed E-state index contributed by atoms with van der Waals surface area (Å²) < 4.78 is 23.5. The molecule has 1 N–H and O–H groups in total. The van der Waals surface area contributed by atoms with Crippen LogP contribution in [0.4, 0.5) is 10.1 Å². The summed E-state index contributed by atoms with van der Waals surface area (Å²) in [4.78, 5) is 0. The first-order valence-electron chi connectivity index (χ1n) is 5.47. The smallest absolute Gasteiger partial charge is 0.193 e. The number of hydrogen-bond acceptors (Lipinski definition) is 4. The van der Waals surface area contributed by atoms with Crippen LogP contribution in [0, 0.1) is 24.1 Å². The molecule has 0 aliphatic carbocycles. The number of benzene rings is 1. The summed E-state index contributed by atoms with van der Waals surface area (Å²) in [6.45, 7) is 3.41. The summed E-state index contributed by atoms with van der Waals surface area (Å²) in [6, 6.07) is 6.58. The van der Waals surface area contributed by atoms with Gasteiger partial charge in [-0.3, -0.25) is 0 Å². The van der Waals surface area contributed by atoms with Crippen molar-refractivity contribution in [2.24, 2.45) is 0 Å². The van der Waals surface area contributed by atoms with Gasteiger partial charge in [-0.15, -0.1) is 0 Å². The Morgan fingerprint density at radius 1 is 1.33 bits per heavy atom. The van der Waals surface area contributed by atoms with Gasteiger partial charge in [-0.05, 0) is 37.6 Å². The third kappa shape index (κ3) is 3.19. The van der Waals surface area contributed by atoms with Crippen molar-refractivity contribution in [1.82, 2.24) is 0 Å². The van der Waals surface area contributed by atoms with Gasteiger partial charge in [0.25, 0.3) is 0 Å². The summed E-state index contributed by atoms with van der Waals surface area (Å²) in [7, 11) is 2.89. The fourth-order valence-electron chi connectivity index (χ4n) is 1.82. The predicted octanol–water partition coefficient (Wildman–Crippen LogP) is 2.45. The topological polar surface area (TPSA) is 54.3 Å². The van der Waals surface area contributed by atoms with Crippen LogP contribution < -0.4 is 5.32 Å². The molecule has 0 aliphatic rings. The molecule has 0 saturated heterocycles. The Morgan fingerprint density at radius 2 is 1.94 bits per heavy atom. The van der Waals surface area contributed by atoms with Crippen molar-refractivity contribution in [3.8, 4) is 6.07 Å². The molecule has 1 aromatic carbocycles. The lowest BCUT2D eigenvalue weighted by Gasteiger charge is -2.31. The van der Waals surface area contributed by atoms with Crippen molar-refractivity contribution in [3.63, 3.8) is 0 Å². The minimum Gasteiger partial charge on any atom is -0.363 e. The largest absolute Gasteiger partial charge is 0.363 e. The average Bonchev–Trinajstić information content (AvgIpc) is 2.29. The normalized spacial score (nSPS) is 14.1. The molecule has 1 unspecified atom stereocenters. The Hall–Kier alpha value is -1.64. The summed E-state index contributed by atoms with van der Waals surface area (Å²) in [5, 5.41) is 12.2. The molecule has 1 rings (SSSR count). The van der Waals surface area contributed by atoms with E-state index in [1.807, 2.05) is 0 Å². The Labute approximate surface area is 106 Å². The minimum absolute atomic E-state index is 0.357. The lowest BCUT2D eigenvalue weighted by Crippen LogP contribution is -2.47. The van der Waals surface area contributed by atoms with E-state index in [1.165, 1.54) is 26.4 Å². The van der Waals surface area contributed by atoms with Crippen molar-refractivity contribution in [2.75, 3.05) is 19.5 Å². The van der Waals surface area contributed by atoms with Gasteiger partial charge in [-0.1, -0.05) is 0 Å². The summed E-state index contributed by atoms with van der Waals surface area (Å²) >= 11 is 0. The third-order valence-corrected chi connectivity index (χ3v) is 2.58. The molecule has 0 radical (unpaired) electrons. The molecule has 0 aliphatic heterocycles. The van der Waals surface area contributed by atoms with E-state index >= 15 is 0 Å². The third-order valence-electron chi connectivity index (χ3n) is 2.58. The number of nitriles is 1. The van der Waals surface area contributed by atoms with E-state index in [4.69, 9.17) is 9.47 Å². The zero-order valence-corrected chi connectivity index (χ0v) is 11.0. The van der Waals surface area contributed by atoms with E-state index in [1.54, 1.807) is 19.9 Å². The van der Waals surface area contributed by atoms with E-state index in [9.17, 15) is 9.65 Å². The van der Waals surface area contributed by atoms with E-state index < -0.39 is 11.8 Å². The fraction of sp³-hybridized carbons (Fsp3) is 0.462. The minimum atomic E-state index is -1.11. The predicted molar refractivity (Wildman–Crippen MR) is 66.6 cm³/mol. The van der Waals surface area contributed by atoms with E-state index in [-0.39, 0.29) is 5.82 Å². The molecule has 5 heteroatoms. The van der Waals surface area contributed by atoms with Crippen molar-refractivity contribution < 1.29 is 13.9 Å². The van der Waals surface area contributed by atoms with Gasteiger partial charge < -0.3 is 14.8 Å². The molecule has 98 valence electrons. The monoisotopic (exact) mass is 252 g/mol. The van der Waals surface area contributed by atoms with Crippen LogP contribution in [0.15, 0.2) is 18.2 Å². The van der Waals surface area contributed by atoms with E-state index in [0.29, 0.717) is 5.69 Å². The standard InChI is InChI=1S/C13H17FN2O2/c1-9-5-10(14)7-11(6-9)16-13(2,8-15)12(17-3)18-4/h5-7,12,16H,1-4H3. The van der Waals surface area contributed by atoms with Gasteiger partial charge in [0.05, 0.1) is 6.07 Å². The Kier molecular flexibility index (Phi) is 4.65. The molecule has 0 spiro atoms. The molecule has 1 atom stereocenters. The fourth-order valence-corrected chi connectivity index (χ4v) is 1.82. The van der Waals surface area contributed by atoms with Crippen LogP contribution in [0.25, 0.3) is 0 Å². The summed E-state index contributed by atoms with van der Waals surface area (Å²) in [6.07, 6.45) is -0.758. The zero-order valence-electron chi connectivity index (χ0n) is 11.0. The van der Waals surface area contributed by atoms with Crippen LogP contribution >= 0.6 is 0 Å². The highest BCUT2D eigenvalue weighted by Gasteiger charge is 2.35.